The zero-order chi connectivity index (χ0) is 18.7. The highest BCUT2D eigenvalue weighted by Gasteiger charge is 2.50. The SMILES string of the molecule is CCCCN1C(=O)[C@](O)(CC(=O)c2ccc(OC)cc2)c2ccccc21. The van der Waals surface area contributed by atoms with Gasteiger partial charge in [-0.3, -0.25) is 9.59 Å². The number of hydrogen-bond donors (Lipinski definition) is 1. The molecule has 0 spiro atoms. The van der Waals surface area contributed by atoms with Crippen molar-refractivity contribution in [3.63, 3.8) is 0 Å². The van der Waals surface area contributed by atoms with Gasteiger partial charge in [-0.25, -0.2) is 0 Å². The predicted molar refractivity (Wildman–Crippen MR) is 99.5 cm³/mol. The standard InChI is InChI=1S/C21H23NO4/c1-3-4-13-22-18-8-6-5-7-17(18)21(25,20(22)24)14-19(23)15-9-11-16(26-2)12-10-15/h5-12,25H,3-4,13-14H2,1-2H3/t21-/m0/s1. The predicted octanol–water partition coefficient (Wildman–Crippen LogP) is 3.30. The summed E-state index contributed by atoms with van der Waals surface area (Å²) in [6.45, 7) is 2.58. The Morgan fingerprint density at radius 2 is 1.85 bits per heavy atom. The summed E-state index contributed by atoms with van der Waals surface area (Å²) in [6, 6.07) is 13.8. The van der Waals surface area contributed by atoms with Crippen LogP contribution in [0, 0.1) is 0 Å². The summed E-state index contributed by atoms with van der Waals surface area (Å²) < 4.78 is 5.10. The second-order valence-corrected chi connectivity index (χ2v) is 6.52. The van der Waals surface area contributed by atoms with Gasteiger partial charge in [-0.05, 0) is 36.8 Å². The van der Waals surface area contributed by atoms with Crippen molar-refractivity contribution in [2.45, 2.75) is 31.8 Å². The fourth-order valence-corrected chi connectivity index (χ4v) is 3.33. The molecule has 1 atom stereocenters. The van der Waals surface area contributed by atoms with Gasteiger partial charge < -0.3 is 14.7 Å². The van der Waals surface area contributed by atoms with Crippen LogP contribution in [0.1, 0.15) is 42.1 Å². The Kier molecular flexibility index (Phi) is 5.09. The second-order valence-electron chi connectivity index (χ2n) is 6.52. The molecule has 5 nitrogen and oxygen atoms in total. The third-order valence-corrected chi connectivity index (χ3v) is 4.80. The maximum absolute atomic E-state index is 13.0. The monoisotopic (exact) mass is 353 g/mol. The van der Waals surface area contributed by atoms with Gasteiger partial charge >= 0.3 is 0 Å². The number of fused-ring (bicyclic) bond motifs is 1. The van der Waals surface area contributed by atoms with E-state index in [1.54, 1.807) is 48.4 Å². The lowest BCUT2D eigenvalue weighted by Crippen LogP contribution is -2.42. The Morgan fingerprint density at radius 3 is 2.50 bits per heavy atom. The summed E-state index contributed by atoms with van der Waals surface area (Å²) in [5.41, 5.74) is -0.183. The number of ether oxygens (including phenoxy) is 1. The van der Waals surface area contributed by atoms with Crippen molar-refractivity contribution in [3.05, 3.63) is 59.7 Å². The number of methoxy groups -OCH3 is 1. The molecule has 5 heteroatoms. The third-order valence-electron chi connectivity index (χ3n) is 4.80. The highest BCUT2D eigenvalue weighted by molar-refractivity contribution is 6.10. The summed E-state index contributed by atoms with van der Waals surface area (Å²) in [4.78, 5) is 27.3. The number of nitrogens with zero attached hydrogens (tertiary/aromatic N) is 1. The van der Waals surface area contributed by atoms with Gasteiger partial charge in [-0.1, -0.05) is 31.5 Å². The van der Waals surface area contributed by atoms with Gasteiger partial charge in [0.2, 0.25) is 0 Å². The number of hydrogen-bond acceptors (Lipinski definition) is 4. The number of Topliss-reactive ketones (excluding diaryl/α,β-unsaturated/α-hetero) is 1. The molecule has 0 saturated carbocycles. The normalized spacial score (nSPS) is 18.7. The van der Waals surface area contributed by atoms with Crippen LogP contribution < -0.4 is 9.64 Å². The average molecular weight is 353 g/mol. The zero-order valence-corrected chi connectivity index (χ0v) is 15.1. The molecule has 1 amide bonds. The molecule has 1 aliphatic rings. The Hall–Kier alpha value is -2.66. The van der Waals surface area contributed by atoms with Crippen LogP contribution in [0.15, 0.2) is 48.5 Å². The lowest BCUT2D eigenvalue weighted by molar-refractivity contribution is -0.135. The Labute approximate surface area is 153 Å². The van der Waals surface area contributed by atoms with E-state index >= 15 is 0 Å². The van der Waals surface area contributed by atoms with E-state index in [0.29, 0.717) is 29.1 Å². The fourth-order valence-electron chi connectivity index (χ4n) is 3.33. The Bertz CT molecular complexity index is 815. The van der Waals surface area contributed by atoms with E-state index in [0.717, 1.165) is 12.8 Å². The van der Waals surface area contributed by atoms with E-state index in [9.17, 15) is 14.7 Å². The Morgan fingerprint density at radius 1 is 1.15 bits per heavy atom. The van der Waals surface area contributed by atoms with Crippen molar-refractivity contribution in [3.8, 4) is 5.75 Å². The molecular weight excluding hydrogens is 330 g/mol. The Balaban J connectivity index is 1.90. The number of amides is 1. The van der Waals surface area contributed by atoms with Gasteiger partial charge in [0, 0.05) is 17.7 Å². The summed E-state index contributed by atoms with van der Waals surface area (Å²) in [5, 5.41) is 11.2. The summed E-state index contributed by atoms with van der Waals surface area (Å²) in [7, 11) is 1.55. The summed E-state index contributed by atoms with van der Waals surface area (Å²) >= 11 is 0. The van der Waals surface area contributed by atoms with Crippen molar-refractivity contribution in [1.29, 1.82) is 0 Å². The van der Waals surface area contributed by atoms with Crippen LogP contribution in [0.2, 0.25) is 0 Å². The van der Waals surface area contributed by atoms with Gasteiger partial charge in [0.25, 0.3) is 5.91 Å². The number of unbranched alkanes of at least 4 members (excludes halogenated alkanes) is 1. The number of aliphatic hydroxyl groups is 1. The molecule has 2 aromatic carbocycles. The summed E-state index contributed by atoms with van der Waals surface area (Å²) in [6.07, 6.45) is 1.50. The van der Waals surface area contributed by atoms with Crippen LogP contribution in [-0.2, 0) is 10.4 Å². The van der Waals surface area contributed by atoms with E-state index in [2.05, 4.69) is 0 Å². The number of benzene rings is 2. The van der Waals surface area contributed by atoms with Crippen LogP contribution in [-0.4, -0.2) is 30.5 Å². The first-order chi connectivity index (χ1) is 12.5. The van der Waals surface area contributed by atoms with E-state index in [4.69, 9.17) is 4.74 Å². The number of para-hydroxylation sites is 1. The maximum Gasteiger partial charge on any atom is 0.264 e. The largest absolute Gasteiger partial charge is 0.497 e. The second kappa shape index (κ2) is 7.30. The molecular formula is C21H23NO4. The molecule has 1 aliphatic heterocycles. The van der Waals surface area contributed by atoms with Gasteiger partial charge in [-0.2, -0.15) is 0 Å². The third kappa shape index (κ3) is 3.10. The molecule has 0 aliphatic carbocycles. The van der Waals surface area contributed by atoms with Crippen molar-refractivity contribution < 1.29 is 19.4 Å². The molecule has 3 rings (SSSR count). The minimum Gasteiger partial charge on any atom is -0.497 e. The topological polar surface area (TPSA) is 66.8 Å². The minimum atomic E-state index is -1.82. The van der Waals surface area contributed by atoms with Crippen molar-refractivity contribution >= 4 is 17.4 Å². The lowest BCUT2D eigenvalue weighted by Gasteiger charge is -2.22. The number of carbonyl (C=O) groups is 2. The molecule has 26 heavy (non-hydrogen) atoms. The molecule has 1 heterocycles. The molecule has 0 unspecified atom stereocenters. The highest BCUT2D eigenvalue weighted by atomic mass is 16.5. The molecule has 0 aromatic heterocycles. The number of ketones is 1. The molecule has 2 aromatic rings. The highest BCUT2D eigenvalue weighted by Crippen LogP contribution is 2.42. The maximum atomic E-state index is 13.0. The first-order valence-electron chi connectivity index (χ1n) is 8.82. The van der Waals surface area contributed by atoms with Crippen LogP contribution in [0.3, 0.4) is 0 Å². The number of carbonyl (C=O) groups excluding carboxylic acids is 2. The minimum absolute atomic E-state index is 0.280. The number of anilines is 1. The van der Waals surface area contributed by atoms with E-state index < -0.39 is 11.5 Å². The van der Waals surface area contributed by atoms with Crippen molar-refractivity contribution in [2.24, 2.45) is 0 Å². The quantitative estimate of drug-likeness (QED) is 0.776. The van der Waals surface area contributed by atoms with Gasteiger partial charge in [0.05, 0.1) is 19.2 Å². The average Bonchev–Trinajstić information content (AvgIpc) is 2.88. The molecule has 0 saturated heterocycles. The van der Waals surface area contributed by atoms with Crippen molar-refractivity contribution in [2.75, 3.05) is 18.6 Å². The fraction of sp³-hybridized carbons (Fsp3) is 0.333. The molecule has 0 fully saturated rings. The van der Waals surface area contributed by atoms with Crippen LogP contribution in [0.4, 0.5) is 5.69 Å². The lowest BCUT2D eigenvalue weighted by atomic mass is 9.88. The van der Waals surface area contributed by atoms with Crippen LogP contribution >= 0.6 is 0 Å². The van der Waals surface area contributed by atoms with Gasteiger partial charge in [0.1, 0.15) is 5.75 Å². The van der Waals surface area contributed by atoms with E-state index in [1.165, 1.54) is 0 Å². The van der Waals surface area contributed by atoms with Gasteiger partial charge in [0.15, 0.2) is 11.4 Å². The first kappa shape index (κ1) is 18.1. The molecule has 0 radical (unpaired) electrons. The molecule has 136 valence electrons. The first-order valence-corrected chi connectivity index (χ1v) is 8.82. The van der Waals surface area contributed by atoms with E-state index in [1.807, 2.05) is 19.1 Å². The van der Waals surface area contributed by atoms with Gasteiger partial charge in [-0.15, -0.1) is 0 Å². The summed E-state index contributed by atoms with van der Waals surface area (Å²) in [5.74, 6) is -0.0575. The number of rotatable bonds is 7. The van der Waals surface area contributed by atoms with Crippen molar-refractivity contribution in [1.82, 2.24) is 0 Å². The van der Waals surface area contributed by atoms with Crippen LogP contribution in [0.25, 0.3) is 0 Å². The van der Waals surface area contributed by atoms with Crippen LogP contribution in [0.5, 0.6) is 5.75 Å². The molecule has 0 bridgehead atoms. The van der Waals surface area contributed by atoms with E-state index in [-0.39, 0.29) is 12.2 Å². The molecule has 1 N–H and O–H groups in total. The zero-order valence-electron chi connectivity index (χ0n) is 15.1. The smallest absolute Gasteiger partial charge is 0.264 e.